The van der Waals surface area contributed by atoms with Gasteiger partial charge in [-0.15, -0.1) is 16.8 Å². The maximum absolute atomic E-state index is 12.7. The molecule has 0 atom stereocenters. The van der Waals surface area contributed by atoms with Crippen LogP contribution < -0.4 is 10.6 Å². The summed E-state index contributed by atoms with van der Waals surface area (Å²) in [4.78, 5) is 25.4. The van der Waals surface area contributed by atoms with E-state index in [9.17, 15) is 9.59 Å². The molecule has 2 N–H and O–H groups in total. The number of hydrogen-bond donors (Lipinski definition) is 2. The van der Waals surface area contributed by atoms with E-state index in [1.54, 1.807) is 60.9 Å². The van der Waals surface area contributed by atoms with Gasteiger partial charge in [-0.2, -0.15) is 0 Å². The monoisotopic (exact) mass is 459 g/mol. The number of para-hydroxylation sites is 2. The number of anilines is 2. The van der Waals surface area contributed by atoms with Gasteiger partial charge < -0.3 is 15.1 Å². The van der Waals surface area contributed by atoms with Crippen LogP contribution in [0, 0.1) is 0 Å². The van der Waals surface area contributed by atoms with Crippen molar-refractivity contribution in [1.82, 2.24) is 14.8 Å². The summed E-state index contributed by atoms with van der Waals surface area (Å²) in [5.74, 6) is 0.651. The molecule has 9 heteroatoms. The van der Waals surface area contributed by atoms with Gasteiger partial charge in [0.1, 0.15) is 0 Å². The molecule has 2 amide bonds. The third-order valence-corrected chi connectivity index (χ3v) is 5.55. The number of carbonyl (C=O) groups excluding carboxylic acids is 2. The highest BCUT2D eigenvalue weighted by atomic mass is 32.2. The quantitative estimate of drug-likeness (QED) is 0.278. The average Bonchev–Trinajstić information content (AvgIpc) is 3.49. The van der Waals surface area contributed by atoms with E-state index in [1.165, 1.54) is 11.8 Å². The number of nitrogens with zero attached hydrogens (tertiary/aromatic N) is 3. The van der Waals surface area contributed by atoms with E-state index >= 15 is 0 Å². The highest BCUT2D eigenvalue weighted by Gasteiger charge is 2.18. The molecule has 2 heterocycles. The fourth-order valence-electron chi connectivity index (χ4n) is 3.10. The van der Waals surface area contributed by atoms with E-state index in [1.807, 2.05) is 22.8 Å². The van der Waals surface area contributed by atoms with Gasteiger partial charge in [-0.1, -0.05) is 48.2 Å². The highest BCUT2D eigenvalue weighted by Crippen LogP contribution is 2.25. The molecule has 0 radical (unpaired) electrons. The number of nitrogens with one attached hydrogen (secondary N) is 2. The Hall–Kier alpha value is -4.11. The Morgan fingerprint density at radius 2 is 1.79 bits per heavy atom. The maximum Gasteiger partial charge on any atom is 0.257 e. The number of amides is 2. The Morgan fingerprint density at radius 1 is 1.00 bits per heavy atom. The Bertz CT molecular complexity index is 1250. The minimum atomic E-state index is -0.307. The predicted molar refractivity (Wildman–Crippen MR) is 128 cm³/mol. The second-order valence-corrected chi connectivity index (χ2v) is 7.83. The van der Waals surface area contributed by atoms with Gasteiger partial charge in [-0.05, 0) is 36.4 Å². The molecular formula is C24H21N5O3S. The fourth-order valence-corrected chi connectivity index (χ4v) is 3.85. The SMILES string of the molecule is C=CCn1c(SCC(=O)Nc2ccccc2C(=O)Nc2ccccc2)nnc1-c1ccco1. The van der Waals surface area contributed by atoms with Crippen molar-refractivity contribution in [3.8, 4) is 11.6 Å². The van der Waals surface area contributed by atoms with E-state index in [2.05, 4.69) is 27.4 Å². The second-order valence-electron chi connectivity index (χ2n) is 6.89. The van der Waals surface area contributed by atoms with Gasteiger partial charge in [0, 0.05) is 12.2 Å². The van der Waals surface area contributed by atoms with Gasteiger partial charge in [0.25, 0.3) is 5.91 Å². The lowest BCUT2D eigenvalue weighted by atomic mass is 10.1. The normalized spacial score (nSPS) is 10.5. The maximum atomic E-state index is 12.7. The van der Waals surface area contributed by atoms with Gasteiger partial charge in [0.15, 0.2) is 10.9 Å². The molecule has 0 aliphatic heterocycles. The van der Waals surface area contributed by atoms with Crippen molar-refractivity contribution in [2.24, 2.45) is 0 Å². The molecule has 2 aromatic carbocycles. The first kappa shape index (κ1) is 22.1. The van der Waals surface area contributed by atoms with E-state index in [4.69, 9.17) is 4.42 Å². The van der Waals surface area contributed by atoms with Crippen LogP contribution in [0.4, 0.5) is 11.4 Å². The van der Waals surface area contributed by atoms with Gasteiger partial charge >= 0.3 is 0 Å². The van der Waals surface area contributed by atoms with Gasteiger partial charge in [-0.3, -0.25) is 14.2 Å². The number of furan rings is 1. The van der Waals surface area contributed by atoms with Crippen molar-refractivity contribution in [1.29, 1.82) is 0 Å². The first-order valence-corrected chi connectivity index (χ1v) is 11.1. The minimum Gasteiger partial charge on any atom is -0.461 e. The van der Waals surface area contributed by atoms with E-state index < -0.39 is 0 Å². The Morgan fingerprint density at radius 3 is 2.55 bits per heavy atom. The molecule has 0 spiro atoms. The zero-order chi connectivity index (χ0) is 23.0. The summed E-state index contributed by atoms with van der Waals surface area (Å²) < 4.78 is 7.24. The summed E-state index contributed by atoms with van der Waals surface area (Å²) in [5, 5.41) is 14.6. The van der Waals surface area contributed by atoms with Gasteiger partial charge in [0.2, 0.25) is 11.7 Å². The lowest BCUT2D eigenvalue weighted by Gasteiger charge is -2.11. The van der Waals surface area contributed by atoms with Crippen molar-refractivity contribution in [2.75, 3.05) is 16.4 Å². The van der Waals surface area contributed by atoms with Crippen LogP contribution in [-0.2, 0) is 11.3 Å². The van der Waals surface area contributed by atoms with Crippen LogP contribution >= 0.6 is 11.8 Å². The Balaban J connectivity index is 1.43. The summed E-state index contributed by atoms with van der Waals surface area (Å²) in [6.45, 7) is 4.24. The second kappa shape index (κ2) is 10.5. The summed E-state index contributed by atoms with van der Waals surface area (Å²) in [5.41, 5.74) is 1.48. The molecule has 0 aliphatic carbocycles. The third-order valence-electron chi connectivity index (χ3n) is 4.58. The lowest BCUT2D eigenvalue weighted by Crippen LogP contribution is -2.19. The summed E-state index contributed by atoms with van der Waals surface area (Å²) in [6, 6.07) is 19.6. The van der Waals surface area contributed by atoms with Crippen LogP contribution in [0.3, 0.4) is 0 Å². The topological polar surface area (TPSA) is 102 Å². The number of thioether (sulfide) groups is 1. The zero-order valence-corrected chi connectivity index (χ0v) is 18.4. The number of rotatable bonds is 9. The smallest absolute Gasteiger partial charge is 0.257 e. The van der Waals surface area contributed by atoms with Crippen LogP contribution in [0.25, 0.3) is 11.6 Å². The fraction of sp³-hybridized carbons (Fsp3) is 0.0833. The van der Waals surface area contributed by atoms with Crippen molar-refractivity contribution in [3.63, 3.8) is 0 Å². The number of carbonyl (C=O) groups is 2. The molecule has 0 fully saturated rings. The van der Waals surface area contributed by atoms with Gasteiger partial charge in [-0.25, -0.2) is 0 Å². The summed E-state index contributed by atoms with van der Waals surface area (Å²) in [7, 11) is 0. The molecule has 0 unspecified atom stereocenters. The minimum absolute atomic E-state index is 0.0854. The molecule has 2 aromatic heterocycles. The molecule has 0 bridgehead atoms. The first-order valence-electron chi connectivity index (χ1n) is 10.1. The van der Waals surface area contributed by atoms with Crippen LogP contribution in [0.5, 0.6) is 0 Å². The molecule has 0 saturated carbocycles. The van der Waals surface area contributed by atoms with Gasteiger partial charge in [0.05, 0.1) is 23.3 Å². The molecule has 0 aliphatic rings. The molecule has 33 heavy (non-hydrogen) atoms. The third kappa shape index (κ3) is 5.39. The summed E-state index contributed by atoms with van der Waals surface area (Å²) in [6.07, 6.45) is 3.29. The van der Waals surface area contributed by atoms with Crippen LogP contribution in [0.1, 0.15) is 10.4 Å². The summed E-state index contributed by atoms with van der Waals surface area (Å²) >= 11 is 1.24. The van der Waals surface area contributed by atoms with E-state index in [0.717, 1.165) is 0 Å². The standard InChI is InChI=1S/C24H21N5O3S/c1-2-14-29-22(20-13-8-15-32-20)27-28-24(29)33-16-21(30)26-19-12-7-6-11-18(19)23(31)25-17-9-4-3-5-10-17/h2-13,15H,1,14,16H2,(H,25,31)(H,26,30). The van der Waals surface area contributed by atoms with E-state index in [0.29, 0.717) is 40.2 Å². The first-order chi connectivity index (χ1) is 16.2. The number of benzene rings is 2. The molecule has 0 saturated heterocycles. The Kier molecular flexibility index (Phi) is 7.01. The molecule has 4 aromatic rings. The average molecular weight is 460 g/mol. The van der Waals surface area contributed by atoms with E-state index in [-0.39, 0.29) is 17.6 Å². The number of allylic oxidation sites excluding steroid dienone is 1. The lowest BCUT2D eigenvalue weighted by molar-refractivity contribution is -0.113. The predicted octanol–water partition coefficient (Wildman–Crippen LogP) is 4.71. The van der Waals surface area contributed by atoms with Crippen molar-refractivity contribution in [3.05, 3.63) is 91.2 Å². The zero-order valence-electron chi connectivity index (χ0n) is 17.6. The van der Waals surface area contributed by atoms with Crippen LogP contribution in [0.15, 0.2) is 95.2 Å². The Labute approximate surface area is 194 Å². The molecule has 166 valence electrons. The van der Waals surface area contributed by atoms with Crippen molar-refractivity contribution < 1.29 is 14.0 Å². The van der Waals surface area contributed by atoms with Crippen molar-refractivity contribution in [2.45, 2.75) is 11.7 Å². The van der Waals surface area contributed by atoms with Crippen LogP contribution in [0.2, 0.25) is 0 Å². The largest absolute Gasteiger partial charge is 0.461 e. The molecule has 4 rings (SSSR count). The van der Waals surface area contributed by atoms with Crippen LogP contribution in [-0.4, -0.2) is 32.3 Å². The van der Waals surface area contributed by atoms with Crippen molar-refractivity contribution >= 4 is 35.0 Å². The number of hydrogen-bond acceptors (Lipinski definition) is 6. The number of aromatic nitrogens is 3. The molecular weight excluding hydrogens is 438 g/mol. The molecule has 8 nitrogen and oxygen atoms in total. The highest BCUT2D eigenvalue weighted by molar-refractivity contribution is 7.99.